The van der Waals surface area contributed by atoms with Crippen molar-refractivity contribution in [3.8, 4) is 17.6 Å². The molecule has 0 heterocycles. The molecule has 3 aliphatic rings. The largest absolute Gasteiger partial charge is 0.508 e. The third-order valence-electron chi connectivity index (χ3n) is 7.01. The van der Waals surface area contributed by atoms with E-state index in [0.717, 1.165) is 6.42 Å². The second-order valence-electron chi connectivity index (χ2n) is 8.97. The highest BCUT2D eigenvalue weighted by molar-refractivity contribution is 6.22. The predicted molar refractivity (Wildman–Crippen MR) is 118 cm³/mol. The molecule has 1 aromatic carbocycles. The third kappa shape index (κ3) is 3.23. The summed E-state index contributed by atoms with van der Waals surface area (Å²) in [6.07, 6.45) is 0.852. The molecule has 0 saturated heterocycles. The molecular formula is C25H25NO7. The molecule has 0 aliphatic heterocycles. The summed E-state index contributed by atoms with van der Waals surface area (Å²) in [6.45, 7) is 4.00. The zero-order chi connectivity index (χ0) is 24.2. The Hall–Kier alpha value is -3.57. The summed E-state index contributed by atoms with van der Waals surface area (Å²) in [5, 5.41) is 43.3. The highest BCUT2D eigenvalue weighted by Gasteiger charge is 2.60. The number of rotatable bonds is 2. The van der Waals surface area contributed by atoms with Gasteiger partial charge in [-0.15, -0.1) is 0 Å². The van der Waals surface area contributed by atoms with Crippen LogP contribution in [0.4, 0.5) is 0 Å². The average molecular weight is 451 g/mol. The Morgan fingerprint density at radius 3 is 2.58 bits per heavy atom. The number of hydrogen-bond acceptors (Lipinski definition) is 7. The van der Waals surface area contributed by atoms with E-state index in [1.165, 1.54) is 6.07 Å². The van der Waals surface area contributed by atoms with E-state index >= 15 is 0 Å². The van der Waals surface area contributed by atoms with Gasteiger partial charge in [-0.3, -0.25) is 14.4 Å². The summed E-state index contributed by atoms with van der Waals surface area (Å²) in [5.74, 6) is -0.0258. The van der Waals surface area contributed by atoms with Crippen LogP contribution < -0.4 is 5.73 Å². The van der Waals surface area contributed by atoms with Crippen molar-refractivity contribution in [2.24, 2.45) is 23.5 Å². The molecule has 172 valence electrons. The molecule has 8 heteroatoms. The quantitative estimate of drug-likeness (QED) is 0.339. The first-order chi connectivity index (χ1) is 15.5. The zero-order valence-corrected chi connectivity index (χ0v) is 18.3. The number of phenolic OH excluding ortho intramolecular Hbond substituents is 1. The van der Waals surface area contributed by atoms with Crippen molar-refractivity contribution >= 4 is 23.2 Å². The molecule has 8 nitrogen and oxygen atoms in total. The van der Waals surface area contributed by atoms with Gasteiger partial charge < -0.3 is 26.2 Å². The second kappa shape index (κ2) is 7.78. The number of nitrogens with two attached hydrogens (primary N) is 1. The highest BCUT2D eigenvalue weighted by atomic mass is 16.3. The number of carbonyl (C=O) groups is 3. The second-order valence-corrected chi connectivity index (χ2v) is 8.97. The van der Waals surface area contributed by atoms with E-state index in [-0.39, 0.29) is 42.1 Å². The summed E-state index contributed by atoms with van der Waals surface area (Å²) in [6, 6.07) is 3.03. The Morgan fingerprint density at radius 2 is 1.94 bits per heavy atom. The summed E-state index contributed by atoms with van der Waals surface area (Å²) in [5.41, 5.74) is 2.91. The van der Waals surface area contributed by atoms with Gasteiger partial charge in [-0.05, 0) is 42.9 Å². The SMILES string of the molecule is CCC(C)C#Cc1ccc(O)c2c1CC1CC3CC(=O)C(C(N)=O)=C(O)C3(O)C(=O)C1=C2O. The van der Waals surface area contributed by atoms with Gasteiger partial charge in [-0.1, -0.05) is 25.7 Å². The van der Waals surface area contributed by atoms with Gasteiger partial charge in [0.05, 0.1) is 5.56 Å². The van der Waals surface area contributed by atoms with Gasteiger partial charge in [-0.2, -0.15) is 0 Å². The maximum atomic E-state index is 13.4. The topological polar surface area (TPSA) is 158 Å². The first kappa shape index (κ1) is 22.6. The summed E-state index contributed by atoms with van der Waals surface area (Å²) in [4.78, 5) is 37.5. The number of phenols is 1. The number of aliphatic hydroxyl groups excluding tert-OH is 2. The smallest absolute Gasteiger partial charge is 0.255 e. The fraction of sp³-hybridized carbons (Fsp3) is 0.400. The molecule has 6 N–H and O–H groups in total. The van der Waals surface area contributed by atoms with Crippen molar-refractivity contribution in [3.05, 3.63) is 45.7 Å². The van der Waals surface area contributed by atoms with E-state index in [1.807, 2.05) is 13.8 Å². The normalized spacial score (nSPS) is 27.2. The van der Waals surface area contributed by atoms with Crippen molar-refractivity contribution in [2.45, 2.75) is 45.1 Å². The Labute approximate surface area is 190 Å². The molecule has 0 spiro atoms. The fourth-order valence-electron chi connectivity index (χ4n) is 5.04. The van der Waals surface area contributed by atoms with Crippen molar-refractivity contribution in [3.63, 3.8) is 0 Å². The molecule has 1 saturated carbocycles. The van der Waals surface area contributed by atoms with Crippen LogP contribution in [-0.2, 0) is 20.8 Å². The number of hydrogen-bond donors (Lipinski definition) is 5. The molecule has 0 aromatic heterocycles. The van der Waals surface area contributed by atoms with Gasteiger partial charge in [0.1, 0.15) is 22.8 Å². The van der Waals surface area contributed by atoms with Gasteiger partial charge in [0.15, 0.2) is 11.4 Å². The van der Waals surface area contributed by atoms with Gasteiger partial charge in [0, 0.05) is 29.4 Å². The van der Waals surface area contributed by atoms with Crippen LogP contribution in [0.3, 0.4) is 0 Å². The van der Waals surface area contributed by atoms with Crippen LogP contribution in [-0.4, -0.2) is 43.5 Å². The van der Waals surface area contributed by atoms with Crippen LogP contribution in [0.1, 0.15) is 49.8 Å². The molecule has 1 amide bonds. The molecule has 0 radical (unpaired) electrons. The number of primary amides is 1. The number of ketones is 2. The number of benzene rings is 1. The molecule has 4 atom stereocenters. The Kier molecular flexibility index (Phi) is 5.33. The lowest BCUT2D eigenvalue weighted by Crippen LogP contribution is -2.58. The minimum absolute atomic E-state index is 0.0538. The first-order valence-electron chi connectivity index (χ1n) is 10.9. The number of Topliss-reactive ketones (excluding diaryl/α,β-unsaturated/α-hetero) is 2. The van der Waals surface area contributed by atoms with E-state index in [2.05, 4.69) is 11.8 Å². The summed E-state index contributed by atoms with van der Waals surface area (Å²) < 4.78 is 0. The maximum absolute atomic E-state index is 13.4. The van der Waals surface area contributed by atoms with Crippen LogP contribution in [0.2, 0.25) is 0 Å². The molecule has 1 fully saturated rings. The number of amides is 1. The standard InChI is InChI=1S/C25H25NO7/c1-3-11(2)4-5-12-6-7-16(27)19-15(12)9-13-8-14-10-17(28)20(24(26)32)23(31)25(14,33)22(30)18(13)21(19)29/h6-7,11,13-14,27,29,31,33H,3,8-10H2,1-2H3,(H2,26,32). The van der Waals surface area contributed by atoms with Crippen LogP contribution in [0, 0.1) is 29.6 Å². The van der Waals surface area contributed by atoms with Crippen molar-refractivity contribution in [1.29, 1.82) is 0 Å². The van der Waals surface area contributed by atoms with E-state index < -0.39 is 52.0 Å². The number of carbonyl (C=O) groups excluding carboxylic acids is 3. The van der Waals surface area contributed by atoms with Crippen molar-refractivity contribution in [2.75, 3.05) is 0 Å². The third-order valence-corrected chi connectivity index (χ3v) is 7.01. The minimum Gasteiger partial charge on any atom is -0.508 e. The van der Waals surface area contributed by atoms with Crippen LogP contribution >= 0.6 is 0 Å². The van der Waals surface area contributed by atoms with Gasteiger partial charge in [0.25, 0.3) is 5.91 Å². The van der Waals surface area contributed by atoms with E-state index in [4.69, 9.17) is 5.73 Å². The van der Waals surface area contributed by atoms with Gasteiger partial charge in [-0.25, -0.2) is 0 Å². The van der Waals surface area contributed by atoms with Crippen molar-refractivity contribution in [1.82, 2.24) is 0 Å². The zero-order valence-electron chi connectivity index (χ0n) is 18.3. The molecule has 3 aliphatic carbocycles. The lowest BCUT2D eigenvalue weighted by Gasteiger charge is -2.46. The lowest BCUT2D eigenvalue weighted by molar-refractivity contribution is -0.147. The summed E-state index contributed by atoms with van der Waals surface area (Å²) >= 11 is 0. The van der Waals surface area contributed by atoms with E-state index in [0.29, 0.717) is 11.1 Å². The molecule has 1 aromatic rings. The maximum Gasteiger partial charge on any atom is 0.255 e. The first-order valence-corrected chi connectivity index (χ1v) is 10.9. The lowest BCUT2D eigenvalue weighted by atomic mass is 9.59. The van der Waals surface area contributed by atoms with E-state index in [9.17, 15) is 34.8 Å². The molecule has 4 rings (SSSR count). The predicted octanol–water partition coefficient (Wildman–Crippen LogP) is 1.82. The summed E-state index contributed by atoms with van der Waals surface area (Å²) in [7, 11) is 0. The average Bonchev–Trinajstić information content (AvgIpc) is 2.75. The van der Waals surface area contributed by atoms with Gasteiger partial charge in [0.2, 0.25) is 5.78 Å². The number of fused-ring (bicyclic) bond motifs is 3. The number of aromatic hydroxyl groups is 1. The Bertz CT molecular complexity index is 1230. The number of aliphatic hydroxyl groups is 3. The fourth-order valence-corrected chi connectivity index (χ4v) is 5.04. The molecule has 0 bridgehead atoms. The van der Waals surface area contributed by atoms with Crippen LogP contribution in [0.5, 0.6) is 5.75 Å². The molecule has 33 heavy (non-hydrogen) atoms. The molecule has 4 unspecified atom stereocenters. The Morgan fingerprint density at radius 1 is 1.24 bits per heavy atom. The molecular weight excluding hydrogens is 426 g/mol. The monoisotopic (exact) mass is 451 g/mol. The van der Waals surface area contributed by atoms with Crippen molar-refractivity contribution < 1.29 is 34.8 Å². The van der Waals surface area contributed by atoms with Crippen LogP contribution in [0.25, 0.3) is 5.76 Å². The van der Waals surface area contributed by atoms with Crippen LogP contribution in [0.15, 0.2) is 29.0 Å². The Balaban J connectivity index is 1.90. The van der Waals surface area contributed by atoms with E-state index in [1.54, 1.807) is 6.07 Å². The minimum atomic E-state index is -2.56. The van der Waals surface area contributed by atoms with Gasteiger partial charge >= 0.3 is 0 Å². The highest BCUT2D eigenvalue weighted by Crippen LogP contribution is 2.52.